The van der Waals surface area contributed by atoms with Gasteiger partial charge in [0.25, 0.3) is 5.69 Å². The zero-order valence-electron chi connectivity index (χ0n) is 13.1. The number of non-ortho nitro benzene ring substituents is 1. The van der Waals surface area contributed by atoms with Crippen LogP contribution in [0.1, 0.15) is 19.4 Å². The topological polar surface area (TPSA) is 111 Å². The van der Waals surface area contributed by atoms with E-state index in [2.05, 4.69) is 9.98 Å². The summed E-state index contributed by atoms with van der Waals surface area (Å²) in [7, 11) is 0. The van der Waals surface area contributed by atoms with Crippen LogP contribution in [0.15, 0.2) is 34.3 Å². The lowest BCUT2D eigenvalue weighted by atomic mass is 10.1. The highest BCUT2D eigenvalue weighted by molar-refractivity contribution is 8.13. The first-order valence-corrected chi connectivity index (χ1v) is 8.11. The van der Waals surface area contributed by atoms with Gasteiger partial charge in [0.05, 0.1) is 16.6 Å². The van der Waals surface area contributed by atoms with Gasteiger partial charge < -0.3 is 4.74 Å². The number of nitro benzene ring substituents is 1. The van der Waals surface area contributed by atoms with Gasteiger partial charge in [0.15, 0.2) is 0 Å². The first-order chi connectivity index (χ1) is 11.4. The first kappa shape index (κ1) is 17.8. The predicted octanol–water partition coefficient (Wildman–Crippen LogP) is 3.00. The summed E-state index contributed by atoms with van der Waals surface area (Å²) in [5, 5.41) is 11.0. The van der Waals surface area contributed by atoms with Gasteiger partial charge in [-0.05, 0) is 19.4 Å². The molecule has 8 nitrogen and oxygen atoms in total. The molecule has 1 aromatic carbocycles. The number of nitro groups is 1. The molecular formula is C15H15N3O5S. The Kier molecular flexibility index (Phi) is 5.80. The van der Waals surface area contributed by atoms with Crippen molar-refractivity contribution < 1.29 is 19.2 Å². The quantitative estimate of drug-likeness (QED) is 0.459. The smallest absolute Gasteiger partial charge is 0.367 e. The van der Waals surface area contributed by atoms with E-state index in [1.807, 2.05) is 0 Å². The Morgan fingerprint density at radius 3 is 2.58 bits per heavy atom. The van der Waals surface area contributed by atoms with Crippen LogP contribution in [0.4, 0.5) is 10.5 Å². The van der Waals surface area contributed by atoms with Crippen molar-refractivity contribution in [1.29, 1.82) is 0 Å². The summed E-state index contributed by atoms with van der Waals surface area (Å²) in [6.45, 7) is 3.50. The van der Waals surface area contributed by atoms with E-state index in [1.54, 1.807) is 26.0 Å². The van der Waals surface area contributed by atoms with Crippen molar-refractivity contribution in [1.82, 2.24) is 0 Å². The van der Waals surface area contributed by atoms with Crippen LogP contribution in [-0.4, -0.2) is 34.3 Å². The maximum Gasteiger partial charge on any atom is 0.367 e. The van der Waals surface area contributed by atoms with Crippen LogP contribution in [-0.2, 0) is 15.3 Å². The minimum Gasteiger partial charge on any atom is -0.465 e. The summed E-state index contributed by atoms with van der Waals surface area (Å²) in [5.74, 6) is -0.875. The number of urea groups is 1. The lowest BCUT2D eigenvalue weighted by Crippen LogP contribution is -2.34. The third-order valence-corrected chi connectivity index (χ3v) is 4.30. The van der Waals surface area contributed by atoms with Crippen molar-refractivity contribution in [3.8, 4) is 0 Å². The Hall–Kier alpha value is -2.55. The highest BCUT2D eigenvalue weighted by Crippen LogP contribution is 2.25. The highest BCUT2D eigenvalue weighted by atomic mass is 32.2. The molecule has 2 rings (SSSR count). The molecule has 9 heteroatoms. The minimum atomic E-state index is -0.786. The molecule has 1 aromatic rings. The van der Waals surface area contributed by atoms with Crippen molar-refractivity contribution >= 4 is 40.2 Å². The SMILES string of the molecule is CCOC(=O)C1C(C)=NC(=O)N=C1SCc1ccc([N+](=O)[O-])cc1. The van der Waals surface area contributed by atoms with Gasteiger partial charge in [0.2, 0.25) is 0 Å². The third kappa shape index (κ3) is 4.25. The van der Waals surface area contributed by atoms with Gasteiger partial charge in [0, 0.05) is 23.6 Å². The molecule has 1 atom stereocenters. The number of aliphatic imine (C=N–C) groups is 2. The standard InChI is InChI=1S/C15H15N3O5S/c1-3-23-14(19)12-9(2)16-15(20)17-13(12)24-8-10-4-6-11(7-5-10)18(21)22/h4-7,12H,3,8H2,1-2H3. The maximum absolute atomic E-state index is 12.1. The normalized spacial score (nSPS) is 17.1. The zero-order chi connectivity index (χ0) is 17.7. The summed E-state index contributed by atoms with van der Waals surface area (Å²) in [4.78, 5) is 41.3. The molecule has 0 bridgehead atoms. The number of hydrogen-bond donors (Lipinski definition) is 0. The van der Waals surface area contributed by atoms with E-state index in [0.29, 0.717) is 16.5 Å². The number of nitrogens with zero attached hydrogens (tertiary/aromatic N) is 3. The predicted molar refractivity (Wildman–Crippen MR) is 90.5 cm³/mol. The summed E-state index contributed by atoms with van der Waals surface area (Å²) >= 11 is 1.21. The number of esters is 1. The Labute approximate surface area is 142 Å². The summed E-state index contributed by atoms with van der Waals surface area (Å²) < 4.78 is 5.01. The minimum absolute atomic E-state index is 0.00122. The Morgan fingerprint density at radius 2 is 2.00 bits per heavy atom. The van der Waals surface area contributed by atoms with Crippen LogP contribution >= 0.6 is 11.8 Å². The van der Waals surface area contributed by atoms with E-state index in [9.17, 15) is 19.7 Å². The molecule has 0 saturated carbocycles. The lowest BCUT2D eigenvalue weighted by molar-refractivity contribution is -0.384. The molecule has 1 unspecified atom stereocenters. The maximum atomic E-state index is 12.1. The third-order valence-electron chi connectivity index (χ3n) is 3.20. The van der Waals surface area contributed by atoms with Crippen LogP contribution in [0.5, 0.6) is 0 Å². The van der Waals surface area contributed by atoms with Gasteiger partial charge in [-0.2, -0.15) is 9.98 Å². The van der Waals surface area contributed by atoms with Crippen LogP contribution in [0.25, 0.3) is 0 Å². The zero-order valence-corrected chi connectivity index (χ0v) is 13.9. The number of hydrogen-bond acceptors (Lipinski definition) is 6. The van der Waals surface area contributed by atoms with E-state index in [1.165, 1.54) is 23.9 Å². The largest absolute Gasteiger partial charge is 0.465 e. The van der Waals surface area contributed by atoms with Gasteiger partial charge in [-0.25, -0.2) is 4.79 Å². The fourth-order valence-electron chi connectivity index (χ4n) is 2.06. The Bertz CT molecular complexity index is 727. The lowest BCUT2D eigenvalue weighted by Gasteiger charge is -2.19. The average Bonchev–Trinajstić information content (AvgIpc) is 2.52. The van der Waals surface area contributed by atoms with Gasteiger partial charge >= 0.3 is 12.0 Å². The molecule has 0 spiro atoms. The number of rotatable bonds is 5. The van der Waals surface area contributed by atoms with E-state index in [0.717, 1.165) is 5.56 Å². The molecule has 0 fully saturated rings. The van der Waals surface area contributed by atoms with Crippen LogP contribution in [0.3, 0.4) is 0 Å². The van der Waals surface area contributed by atoms with Crippen molar-refractivity contribution in [2.45, 2.75) is 19.6 Å². The van der Waals surface area contributed by atoms with Crippen molar-refractivity contribution in [2.24, 2.45) is 15.9 Å². The van der Waals surface area contributed by atoms with E-state index in [-0.39, 0.29) is 12.3 Å². The van der Waals surface area contributed by atoms with Crippen molar-refractivity contribution in [3.05, 3.63) is 39.9 Å². The molecular weight excluding hydrogens is 334 g/mol. The molecule has 0 saturated heterocycles. The number of thioether (sulfide) groups is 1. The summed E-state index contributed by atoms with van der Waals surface area (Å²) in [6.07, 6.45) is 0. The fourth-order valence-corrected chi connectivity index (χ4v) is 3.14. The van der Waals surface area contributed by atoms with Gasteiger partial charge in [-0.1, -0.05) is 12.1 Å². The number of benzene rings is 1. The molecule has 1 heterocycles. The molecule has 2 amide bonds. The van der Waals surface area contributed by atoms with Crippen LogP contribution < -0.4 is 0 Å². The molecule has 126 valence electrons. The molecule has 0 radical (unpaired) electrons. The van der Waals surface area contributed by atoms with Crippen LogP contribution in [0.2, 0.25) is 0 Å². The Balaban J connectivity index is 2.12. The number of amides is 2. The van der Waals surface area contributed by atoms with Crippen LogP contribution in [0, 0.1) is 16.0 Å². The summed E-state index contributed by atoms with van der Waals surface area (Å²) in [5.41, 5.74) is 1.16. The number of carbonyl (C=O) groups is 2. The van der Waals surface area contributed by atoms with E-state index >= 15 is 0 Å². The monoisotopic (exact) mass is 349 g/mol. The van der Waals surface area contributed by atoms with E-state index in [4.69, 9.17) is 4.74 Å². The first-order valence-electron chi connectivity index (χ1n) is 7.13. The Morgan fingerprint density at radius 1 is 1.33 bits per heavy atom. The van der Waals surface area contributed by atoms with Gasteiger partial charge in [0.1, 0.15) is 5.92 Å². The average molecular weight is 349 g/mol. The number of carbonyl (C=O) groups excluding carboxylic acids is 2. The molecule has 1 aliphatic rings. The van der Waals surface area contributed by atoms with Crippen molar-refractivity contribution in [2.75, 3.05) is 6.61 Å². The fraction of sp³-hybridized carbons (Fsp3) is 0.333. The van der Waals surface area contributed by atoms with Gasteiger partial charge in [-0.15, -0.1) is 11.8 Å². The second-order valence-electron chi connectivity index (χ2n) is 4.88. The summed E-state index contributed by atoms with van der Waals surface area (Å²) in [6, 6.07) is 5.39. The number of ether oxygens (including phenoxy) is 1. The van der Waals surface area contributed by atoms with Crippen molar-refractivity contribution in [3.63, 3.8) is 0 Å². The molecule has 1 aliphatic heterocycles. The molecule has 0 aromatic heterocycles. The second-order valence-corrected chi connectivity index (χ2v) is 5.88. The molecule has 0 aliphatic carbocycles. The van der Waals surface area contributed by atoms with Gasteiger partial charge in [-0.3, -0.25) is 14.9 Å². The van der Waals surface area contributed by atoms with E-state index < -0.39 is 22.8 Å². The molecule has 0 N–H and O–H groups in total. The highest BCUT2D eigenvalue weighted by Gasteiger charge is 2.33. The molecule has 24 heavy (non-hydrogen) atoms. The second kappa shape index (κ2) is 7.82.